The average Bonchev–Trinajstić information content (AvgIpc) is 3.12. The number of benzene rings is 1. The number of oxime groups is 1. The monoisotopic (exact) mass is 444 g/mol. The van der Waals surface area contributed by atoms with Crippen LogP contribution < -0.4 is 0 Å². The van der Waals surface area contributed by atoms with Crippen LogP contribution in [0.15, 0.2) is 32.7 Å². The van der Waals surface area contributed by atoms with Crippen molar-refractivity contribution in [2.75, 3.05) is 40.3 Å². The van der Waals surface area contributed by atoms with Crippen LogP contribution in [0.1, 0.15) is 25.2 Å². The maximum atomic E-state index is 12.2. The Morgan fingerprint density at radius 2 is 2.10 bits per heavy atom. The third kappa shape index (κ3) is 5.46. The molecule has 2 heterocycles. The molecule has 1 saturated heterocycles. The first-order valence-corrected chi connectivity index (χ1v) is 11.2. The van der Waals surface area contributed by atoms with Crippen LogP contribution in [0.5, 0.6) is 0 Å². The van der Waals surface area contributed by atoms with Gasteiger partial charge in [-0.1, -0.05) is 23.2 Å². The number of hydrogen-bond donors (Lipinski definition) is 1. The fourth-order valence-electron chi connectivity index (χ4n) is 3.08. The predicted octanol–water partition coefficient (Wildman–Crippen LogP) is 1.84. The molecule has 3 rings (SSSR count). The van der Waals surface area contributed by atoms with Crippen LogP contribution in [0.2, 0.25) is 0 Å². The summed E-state index contributed by atoms with van der Waals surface area (Å²) in [5, 5.41) is 13.7. The number of aromatic nitrogens is 1. The summed E-state index contributed by atoms with van der Waals surface area (Å²) < 4.78 is 31.1. The molecule has 0 bridgehead atoms. The molecule has 1 fully saturated rings. The van der Waals surface area contributed by atoms with Gasteiger partial charge in [0.25, 0.3) is 5.89 Å². The topological polar surface area (TPSA) is 108 Å². The fourth-order valence-corrected chi connectivity index (χ4v) is 4.12. The molecule has 160 valence electrons. The minimum atomic E-state index is -3.59. The highest BCUT2D eigenvalue weighted by Gasteiger charge is 2.20. The number of nitrogens with zero attached hydrogens (tertiary/aromatic N) is 4. The first-order chi connectivity index (χ1) is 13.8. The van der Waals surface area contributed by atoms with Gasteiger partial charge in [-0.25, -0.2) is 17.7 Å². The number of piperidine rings is 1. The van der Waals surface area contributed by atoms with E-state index in [1.807, 2.05) is 0 Å². The van der Waals surface area contributed by atoms with Crippen molar-refractivity contribution in [1.29, 1.82) is 0 Å². The normalized spacial score (nSPS) is 17.8. The first-order valence-electron chi connectivity index (χ1n) is 9.37. The Morgan fingerprint density at radius 3 is 2.79 bits per heavy atom. The number of sulfonamides is 1. The van der Waals surface area contributed by atoms with Gasteiger partial charge in [0.1, 0.15) is 18.2 Å². The second kappa shape index (κ2) is 9.40. The molecule has 0 amide bonds. The van der Waals surface area contributed by atoms with Crippen LogP contribution in [-0.2, 0) is 14.9 Å². The molecule has 9 nitrogen and oxygen atoms in total. The van der Waals surface area contributed by atoms with E-state index < -0.39 is 16.1 Å². The lowest BCUT2D eigenvalue weighted by atomic mass is 10.1. The number of β-amino-alcohol motifs (C(OH)–C–C–N with tert-alkyl or cyclic N) is 1. The summed E-state index contributed by atoms with van der Waals surface area (Å²) in [5.74, 6) is 0.00610. The Hall–Kier alpha value is -1.72. The molecule has 11 heteroatoms. The van der Waals surface area contributed by atoms with E-state index in [2.05, 4.69) is 15.0 Å². The van der Waals surface area contributed by atoms with Gasteiger partial charge in [0.2, 0.25) is 15.2 Å². The molecule has 2 aromatic rings. The van der Waals surface area contributed by atoms with Crippen molar-refractivity contribution < 1.29 is 22.8 Å². The van der Waals surface area contributed by atoms with E-state index >= 15 is 0 Å². The quantitative estimate of drug-likeness (QED) is 0.488. The molecule has 1 unspecified atom stereocenters. The molecule has 1 aromatic carbocycles. The van der Waals surface area contributed by atoms with Gasteiger partial charge in [0, 0.05) is 26.7 Å². The van der Waals surface area contributed by atoms with Gasteiger partial charge in [-0.2, -0.15) is 0 Å². The molecule has 0 aliphatic carbocycles. The summed E-state index contributed by atoms with van der Waals surface area (Å²) >= 11 is 6.08. The smallest absolute Gasteiger partial charge is 0.261 e. The average molecular weight is 445 g/mol. The molecule has 1 aliphatic heterocycles. The van der Waals surface area contributed by atoms with Crippen LogP contribution in [0, 0.1) is 0 Å². The molecular formula is C18H25ClN4O5S. The lowest BCUT2D eigenvalue weighted by Gasteiger charge is -2.27. The van der Waals surface area contributed by atoms with E-state index in [-0.39, 0.29) is 28.1 Å². The highest BCUT2D eigenvalue weighted by Crippen LogP contribution is 2.22. The van der Waals surface area contributed by atoms with E-state index in [9.17, 15) is 13.5 Å². The van der Waals surface area contributed by atoms with Crippen molar-refractivity contribution in [3.05, 3.63) is 24.1 Å². The first kappa shape index (κ1) is 22.0. The third-order valence-electron chi connectivity index (χ3n) is 4.64. The lowest BCUT2D eigenvalue weighted by molar-refractivity contribution is 0.0160. The summed E-state index contributed by atoms with van der Waals surface area (Å²) in [4.78, 5) is 11.6. The van der Waals surface area contributed by atoms with Crippen molar-refractivity contribution in [3.63, 3.8) is 0 Å². The zero-order chi connectivity index (χ0) is 21.0. The molecular weight excluding hydrogens is 420 g/mol. The second-order valence-corrected chi connectivity index (χ2v) is 9.64. The number of aliphatic hydroxyl groups is 1. The number of likely N-dealkylation sites (tertiary alicyclic amines) is 1. The largest absolute Gasteiger partial charge is 0.434 e. The summed E-state index contributed by atoms with van der Waals surface area (Å²) in [6.45, 7) is 2.49. The third-order valence-corrected chi connectivity index (χ3v) is 6.69. The minimum absolute atomic E-state index is 0.00181. The summed E-state index contributed by atoms with van der Waals surface area (Å²) in [6.07, 6.45) is 2.85. The zero-order valence-corrected chi connectivity index (χ0v) is 18.0. The minimum Gasteiger partial charge on any atom is -0.434 e. The van der Waals surface area contributed by atoms with Gasteiger partial charge < -0.3 is 19.3 Å². The summed E-state index contributed by atoms with van der Waals surface area (Å²) in [7, 11) is -0.689. The van der Waals surface area contributed by atoms with Gasteiger partial charge in [0.05, 0.1) is 4.90 Å². The maximum Gasteiger partial charge on any atom is 0.261 e. The Morgan fingerprint density at radius 1 is 1.38 bits per heavy atom. The number of hydrogen-bond acceptors (Lipinski definition) is 8. The van der Waals surface area contributed by atoms with Crippen molar-refractivity contribution in [2.45, 2.75) is 30.3 Å². The van der Waals surface area contributed by atoms with Gasteiger partial charge in [-0.15, -0.1) is 0 Å². The van der Waals surface area contributed by atoms with Crippen molar-refractivity contribution in [2.24, 2.45) is 5.16 Å². The molecule has 0 spiro atoms. The van der Waals surface area contributed by atoms with Gasteiger partial charge in [-0.05, 0) is 38.1 Å². The van der Waals surface area contributed by atoms with Crippen LogP contribution in [-0.4, -0.2) is 79.3 Å². The number of fused-ring (bicyclic) bond motifs is 1. The Kier molecular flexibility index (Phi) is 7.12. The Bertz CT molecular complexity index is 970. The van der Waals surface area contributed by atoms with Crippen LogP contribution >= 0.6 is 11.6 Å². The van der Waals surface area contributed by atoms with E-state index in [4.69, 9.17) is 20.9 Å². The molecule has 1 N–H and O–H groups in total. The van der Waals surface area contributed by atoms with E-state index in [1.54, 1.807) is 0 Å². The fraction of sp³-hybridized carbons (Fsp3) is 0.556. The molecule has 1 aromatic heterocycles. The number of rotatable bonds is 8. The molecule has 1 aliphatic rings. The number of oxazole rings is 1. The van der Waals surface area contributed by atoms with E-state index in [0.29, 0.717) is 12.1 Å². The SMILES string of the molecule is CN(C)S(=O)(=O)c1ccc2nc(/C(Cl)=N/OCC(O)CN3CCCCC3)oc2c1. The Labute approximate surface area is 174 Å². The highest BCUT2D eigenvalue weighted by atomic mass is 35.5. The predicted molar refractivity (Wildman–Crippen MR) is 110 cm³/mol. The van der Waals surface area contributed by atoms with Crippen molar-refractivity contribution in [3.8, 4) is 0 Å². The zero-order valence-electron chi connectivity index (χ0n) is 16.4. The van der Waals surface area contributed by atoms with Crippen LogP contribution in [0.25, 0.3) is 11.1 Å². The summed E-state index contributed by atoms with van der Waals surface area (Å²) in [5.41, 5.74) is 0.706. The molecule has 0 saturated carbocycles. The second-order valence-electron chi connectivity index (χ2n) is 7.13. The Balaban J connectivity index is 1.63. The highest BCUT2D eigenvalue weighted by molar-refractivity contribution is 7.89. The van der Waals surface area contributed by atoms with Gasteiger partial charge in [0.15, 0.2) is 5.58 Å². The maximum absolute atomic E-state index is 12.2. The number of aliphatic hydroxyl groups excluding tert-OH is 1. The van der Waals surface area contributed by atoms with Gasteiger partial charge in [-0.3, -0.25) is 0 Å². The molecule has 0 radical (unpaired) electrons. The van der Waals surface area contributed by atoms with E-state index in [0.717, 1.165) is 30.2 Å². The van der Waals surface area contributed by atoms with Crippen LogP contribution in [0.4, 0.5) is 0 Å². The summed E-state index contributed by atoms with van der Waals surface area (Å²) in [6, 6.07) is 4.36. The van der Waals surface area contributed by atoms with E-state index in [1.165, 1.54) is 38.7 Å². The molecule has 1 atom stereocenters. The van der Waals surface area contributed by atoms with Gasteiger partial charge >= 0.3 is 0 Å². The standard InChI is InChI=1S/C18H25ClN4O5S/c1-22(2)29(25,26)14-6-7-15-16(10-14)28-18(20-15)17(19)21-27-12-13(24)11-23-8-4-3-5-9-23/h6-7,10,13,24H,3-5,8-9,11-12H2,1-2H3/b21-17-. The van der Waals surface area contributed by atoms with Crippen molar-refractivity contribution >= 4 is 37.9 Å². The molecule has 29 heavy (non-hydrogen) atoms. The lowest BCUT2D eigenvalue weighted by Crippen LogP contribution is -2.38. The number of halogens is 1. The van der Waals surface area contributed by atoms with Crippen LogP contribution in [0.3, 0.4) is 0 Å². The van der Waals surface area contributed by atoms with Crippen molar-refractivity contribution in [1.82, 2.24) is 14.2 Å².